The van der Waals surface area contributed by atoms with Crippen LogP contribution >= 0.6 is 0 Å². The molecule has 0 aliphatic carbocycles. The fourth-order valence-corrected chi connectivity index (χ4v) is 2.16. The molecule has 0 aromatic heterocycles. The first-order valence-electron chi connectivity index (χ1n) is 5.79. The van der Waals surface area contributed by atoms with Gasteiger partial charge in [-0.05, 0) is 37.7 Å². The number of anilines is 1. The Morgan fingerprint density at radius 2 is 1.81 bits per heavy atom. The summed E-state index contributed by atoms with van der Waals surface area (Å²) < 4.78 is 5.23. The zero-order valence-electron chi connectivity index (χ0n) is 10.4. The van der Waals surface area contributed by atoms with E-state index < -0.39 is 0 Å². The van der Waals surface area contributed by atoms with E-state index >= 15 is 0 Å². The van der Waals surface area contributed by atoms with Crippen molar-refractivity contribution in [2.45, 2.75) is 6.92 Å². The smallest absolute Gasteiger partial charge is 0.119 e. The molecule has 0 radical (unpaired) electrons. The third-order valence-corrected chi connectivity index (χ3v) is 3.25. The summed E-state index contributed by atoms with van der Waals surface area (Å²) in [6.45, 7) is 6.67. The van der Waals surface area contributed by atoms with Gasteiger partial charge in [0.1, 0.15) is 5.75 Å². The van der Waals surface area contributed by atoms with Gasteiger partial charge in [-0.2, -0.15) is 0 Å². The molecule has 3 heteroatoms. The van der Waals surface area contributed by atoms with Gasteiger partial charge >= 0.3 is 0 Å². The minimum Gasteiger partial charge on any atom is -0.497 e. The number of methoxy groups -OCH3 is 1. The Morgan fingerprint density at radius 1 is 1.12 bits per heavy atom. The van der Waals surface area contributed by atoms with Crippen LogP contribution in [0.3, 0.4) is 0 Å². The van der Waals surface area contributed by atoms with Crippen LogP contribution in [0.1, 0.15) is 5.56 Å². The van der Waals surface area contributed by atoms with Gasteiger partial charge in [-0.3, -0.25) is 0 Å². The lowest BCUT2D eigenvalue weighted by Gasteiger charge is -2.35. The maximum Gasteiger partial charge on any atom is 0.119 e. The second-order valence-electron chi connectivity index (χ2n) is 4.44. The summed E-state index contributed by atoms with van der Waals surface area (Å²) in [5.74, 6) is 0.940. The average molecular weight is 220 g/mol. The molecule has 1 saturated heterocycles. The molecule has 1 aromatic carbocycles. The maximum absolute atomic E-state index is 5.23. The quantitative estimate of drug-likeness (QED) is 0.755. The van der Waals surface area contributed by atoms with Crippen LogP contribution in [0.25, 0.3) is 0 Å². The highest BCUT2D eigenvalue weighted by Crippen LogP contribution is 2.25. The molecule has 1 aliphatic heterocycles. The van der Waals surface area contributed by atoms with E-state index in [1.54, 1.807) is 7.11 Å². The molecule has 0 spiro atoms. The summed E-state index contributed by atoms with van der Waals surface area (Å²) in [6, 6.07) is 6.31. The Hall–Kier alpha value is -1.22. The first-order chi connectivity index (χ1) is 7.70. The predicted molar refractivity (Wildman–Crippen MR) is 67.4 cm³/mol. The molecule has 16 heavy (non-hydrogen) atoms. The average Bonchev–Trinajstić information content (AvgIpc) is 2.30. The molecule has 88 valence electrons. The maximum atomic E-state index is 5.23. The molecule has 1 aliphatic rings. The van der Waals surface area contributed by atoms with Gasteiger partial charge in [0.2, 0.25) is 0 Å². The fourth-order valence-electron chi connectivity index (χ4n) is 2.16. The minimum absolute atomic E-state index is 0.940. The lowest BCUT2D eigenvalue weighted by Crippen LogP contribution is -2.44. The molecule has 1 heterocycles. The number of rotatable bonds is 2. The highest BCUT2D eigenvalue weighted by atomic mass is 16.5. The summed E-state index contributed by atoms with van der Waals surface area (Å²) in [5.41, 5.74) is 2.64. The van der Waals surface area contributed by atoms with Crippen LogP contribution in [0.2, 0.25) is 0 Å². The largest absolute Gasteiger partial charge is 0.497 e. The second-order valence-corrected chi connectivity index (χ2v) is 4.44. The van der Waals surface area contributed by atoms with Crippen molar-refractivity contribution in [3.05, 3.63) is 23.8 Å². The van der Waals surface area contributed by atoms with Crippen LogP contribution in [0, 0.1) is 6.92 Å². The van der Waals surface area contributed by atoms with E-state index in [4.69, 9.17) is 4.74 Å². The van der Waals surface area contributed by atoms with Crippen LogP contribution in [0.4, 0.5) is 5.69 Å². The molecule has 0 saturated carbocycles. The van der Waals surface area contributed by atoms with Crippen LogP contribution in [0.15, 0.2) is 18.2 Å². The van der Waals surface area contributed by atoms with E-state index in [9.17, 15) is 0 Å². The highest BCUT2D eigenvalue weighted by Gasteiger charge is 2.15. The minimum atomic E-state index is 0.940. The van der Waals surface area contributed by atoms with Crippen molar-refractivity contribution >= 4 is 5.69 Å². The molecule has 3 nitrogen and oxygen atoms in total. The van der Waals surface area contributed by atoms with Crippen molar-refractivity contribution in [2.24, 2.45) is 0 Å². The first kappa shape index (κ1) is 11.3. The molecule has 2 rings (SSSR count). The highest BCUT2D eigenvalue weighted by molar-refractivity contribution is 5.56. The van der Waals surface area contributed by atoms with Crippen molar-refractivity contribution < 1.29 is 4.74 Å². The van der Waals surface area contributed by atoms with Crippen LogP contribution in [0.5, 0.6) is 5.75 Å². The third-order valence-electron chi connectivity index (χ3n) is 3.25. The molecule has 0 unspecified atom stereocenters. The Balaban J connectivity index is 2.14. The number of benzene rings is 1. The van der Waals surface area contributed by atoms with Crippen molar-refractivity contribution in [3.63, 3.8) is 0 Å². The molecular weight excluding hydrogens is 200 g/mol. The third kappa shape index (κ3) is 2.30. The second kappa shape index (κ2) is 4.74. The molecule has 0 N–H and O–H groups in total. The number of hydrogen-bond donors (Lipinski definition) is 0. The van der Waals surface area contributed by atoms with Gasteiger partial charge in [-0.1, -0.05) is 0 Å². The van der Waals surface area contributed by atoms with E-state index in [-0.39, 0.29) is 0 Å². The van der Waals surface area contributed by atoms with E-state index in [1.807, 2.05) is 6.07 Å². The molecule has 0 atom stereocenters. The van der Waals surface area contributed by atoms with Gasteiger partial charge < -0.3 is 14.5 Å². The lowest BCUT2D eigenvalue weighted by molar-refractivity contribution is 0.312. The predicted octanol–water partition coefficient (Wildman–Crippen LogP) is 1.76. The number of likely N-dealkylation sites (N-methyl/N-ethyl adjacent to an activating group) is 1. The van der Waals surface area contributed by atoms with Gasteiger partial charge in [0.15, 0.2) is 0 Å². The molecule has 0 bridgehead atoms. The number of ether oxygens (including phenoxy) is 1. The first-order valence-corrected chi connectivity index (χ1v) is 5.79. The van der Waals surface area contributed by atoms with Crippen molar-refractivity contribution in [1.29, 1.82) is 0 Å². The summed E-state index contributed by atoms with van der Waals surface area (Å²) in [4.78, 5) is 4.82. The Labute approximate surface area is 97.6 Å². The van der Waals surface area contributed by atoms with Crippen molar-refractivity contribution in [2.75, 3.05) is 45.2 Å². The van der Waals surface area contributed by atoms with E-state index in [1.165, 1.54) is 11.3 Å². The monoisotopic (exact) mass is 220 g/mol. The Kier molecular flexibility index (Phi) is 3.34. The lowest BCUT2D eigenvalue weighted by atomic mass is 10.1. The fraction of sp³-hybridized carbons (Fsp3) is 0.538. The van der Waals surface area contributed by atoms with Gasteiger partial charge in [0.25, 0.3) is 0 Å². The summed E-state index contributed by atoms with van der Waals surface area (Å²) in [5, 5.41) is 0. The van der Waals surface area contributed by atoms with Gasteiger partial charge in [-0.25, -0.2) is 0 Å². The number of aryl methyl sites for hydroxylation is 1. The van der Waals surface area contributed by atoms with Crippen molar-refractivity contribution in [1.82, 2.24) is 4.90 Å². The SMILES string of the molecule is COc1ccc(N2CCN(C)CC2)c(C)c1. The number of piperazine rings is 1. The Bertz CT molecular complexity index is 357. The zero-order chi connectivity index (χ0) is 11.5. The Morgan fingerprint density at radius 3 is 2.38 bits per heavy atom. The molecule has 1 fully saturated rings. The zero-order valence-corrected chi connectivity index (χ0v) is 10.4. The summed E-state index contributed by atoms with van der Waals surface area (Å²) in [6.07, 6.45) is 0. The molecule has 1 aromatic rings. The van der Waals surface area contributed by atoms with Crippen LogP contribution in [-0.4, -0.2) is 45.2 Å². The van der Waals surface area contributed by atoms with E-state index in [0.29, 0.717) is 0 Å². The van der Waals surface area contributed by atoms with E-state index in [2.05, 4.69) is 35.9 Å². The topological polar surface area (TPSA) is 15.7 Å². The van der Waals surface area contributed by atoms with Gasteiger partial charge in [0, 0.05) is 31.9 Å². The van der Waals surface area contributed by atoms with Gasteiger partial charge in [-0.15, -0.1) is 0 Å². The molecule has 0 amide bonds. The standard InChI is InChI=1S/C13H20N2O/c1-11-10-12(16-3)4-5-13(11)15-8-6-14(2)7-9-15/h4-5,10H,6-9H2,1-3H3. The number of nitrogens with zero attached hydrogens (tertiary/aromatic N) is 2. The normalized spacial score (nSPS) is 17.6. The molecular formula is C13H20N2O. The van der Waals surface area contributed by atoms with Crippen LogP contribution in [-0.2, 0) is 0 Å². The van der Waals surface area contributed by atoms with Crippen molar-refractivity contribution in [3.8, 4) is 5.75 Å². The summed E-state index contributed by atoms with van der Waals surface area (Å²) >= 11 is 0. The van der Waals surface area contributed by atoms with Crippen LogP contribution < -0.4 is 9.64 Å². The summed E-state index contributed by atoms with van der Waals surface area (Å²) in [7, 11) is 3.89. The van der Waals surface area contributed by atoms with Gasteiger partial charge in [0.05, 0.1) is 7.11 Å². The number of hydrogen-bond acceptors (Lipinski definition) is 3. The van der Waals surface area contributed by atoms with E-state index in [0.717, 1.165) is 31.9 Å².